The average molecular weight is 339 g/mol. The van der Waals surface area contributed by atoms with E-state index in [1.165, 1.54) is 5.56 Å². The molecule has 6 nitrogen and oxygen atoms in total. The van der Waals surface area contributed by atoms with Crippen LogP contribution in [0.5, 0.6) is 0 Å². The normalized spacial score (nSPS) is 14.2. The number of rotatable bonds is 4. The molecule has 0 unspecified atom stereocenters. The first-order valence-electron chi connectivity index (χ1n) is 8.41. The molecule has 2 aromatic rings. The zero-order valence-electron chi connectivity index (χ0n) is 14.2. The van der Waals surface area contributed by atoms with Crippen LogP contribution in [0.2, 0.25) is 0 Å². The van der Waals surface area contributed by atoms with Gasteiger partial charge >= 0.3 is 0 Å². The first kappa shape index (κ1) is 17.1. The van der Waals surface area contributed by atoms with E-state index in [0.29, 0.717) is 32.0 Å². The molecule has 0 spiro atoms. The average Bonchev–Trinajstić information content (AvgIpc) is 2.68. The highest BCUT2D eigenvalue weighted by atomic mass is 16.5. The SMILES string of the molecule is CCc1ccc(NC(=O)c2cccc(C(=O)N3CCOCC3)n2)cc1. The Bertz CT molecular complexity index is 753. The largest absolute Gasteiger partial charge is 0.378 e. The third-order valence-electron chi connectivity index (χ3n) is 4.12. The van der Waals surface area contributed by atoms with Crippen molar-refractivity contribution in [1.82, 2.24) is 9.88 Å². The Labute approximate surface area is 146 Å². The molecule has 0 atom stereocenters. The minimum Gasteiger partial charge on any atom is -0.378 e. The summed E-state index contributed by atoms with van der Waals surface area (Å²) >= 11 is 0. The number of hydrogen-bond acceptors (Lipinski definition) is 4. The lowest BCUT2D eigenvalue weighted by Crippen LogP contribution is -2.41. The van der Waals surface area contributed by atoms with E-state index in [-0.39, 0.29) is 23.2 Å². The molecular formula is C19H21N3O3. The quantitative estimate of drug-likeness (QED) is 0.928. The number of anilines is 1. The zero-order valence-corrected chi connectivity index (χ0v) is 14.2. The lowest BCUT2D eigenvalue weighted by atomic mass is 10.1. The zero-order chi connectivity index (χ0) is 17.6. The Balaban J connectivity index is 1.71. The van der Waals surface area contributed by atoms with Crippen LogP contribution in [0.25, 0.3) is 0 Å². The summed E-state index contributed by atoms with van der Waals surface area (Å²) in [6, 6.07) is 12.6. The maximum atomic E-state index is 12.5. The van der Waals surface area contributed by atoms with Gasteiger partial charge in [-0.05, 0) is 36.2 Å². The fourth-order valence-electron chi connectivity index (χ4n) is 2.63. The maximum Gasteiger partial charge on any atom is 0.274 e. The number of carbonyl (C=O) groups excluding carboxylic acids is 2. The topological polar surface area (TPSA) is 71.5 Å². The maximum absolute atomic E-state index is 12.5. The summed E-state index contributed by atoms with van der Waals surface area (Å²) in [7, 11) is 0. The van der Waals surface area contributed by atoms with Crippen molar-refractivity contribution in [3.05, 3.63) is 59.4 Å². The molecule has 0 bridgehead atoms. The van der Waals surface area contributed by atoms with Gasteiger partial charge in [-0.2, -0.15) is 0 Å². The van der Waals surface area contributed by atoms with Crippen molar-refractivity contribution >= 4 is 17.5 Å². The van der Waals surface area contributed by atoms with Gasteiger partial charge in [0.25, 0.3) is 11.8 Å². The van der Waals surface area contributed by atoms with Crippen LogP contribution in [0.15, 0.2) is 42.5 Å². The number of hydrogen-bond donors (Lipinski definition) is 1. The van der Waals surface area contributed by atoms with E-state index in [9.17, 15) is 9.59 Å². The predicted octanol–water partition coefficient (Wildman–Crippen LogP) is 2.37. The second-order valence-electron chi connectivity index (χ2n) is 5.82. The molecule has 1 aromatic heterocycles. The number of morpholine rings is 1. The van der Waals surface area contributed by atoms with Crippen LogP contribution in [-0.2, 0) is 11.2 Å². The fourth-order valence-corrected chi connectivity index (χ4v) is 2.63. The van der Waals surface area contributed by atoms with Crippen LogP contribution in [0.1, 0.15) is 33.5 Å². The standard InChI is InChI=1S/C19H21N3O3/c1-2-14-6-8-15(9-7-14)20-18(23)16-4-3-5-17(21-16)19(24)22-10-12-25-13-11-22/h3-9H,2,10-13H2,1H3,(H,20,23). The van der Waals surface area contributed by atoms with Gasteiger partial charge in [-0.3, -0.25) is 9.59 Å². The monoisotopic (exact) mass is 339 g/mol. The Hall–Kier alpha value is -2.73. The summed E-state index contributed by atoms with van der Waals surface area (Å²) in [4.78, 5) is 30.8. The number of aryl methyl sites for hydroxylation is 1. The molecule has 130 valence electrons. The molecule has 25 heavy (non-hydrogen) atoms. The lowest BCUT2D eigenvalue weighted by molar-refractivity contribution is 0.0299. The van der Waals surface area contributed by atoms with Crippen LogP contribution >= 0.6 is 0 Å². The first-order valence-corrected chi connectivity index (χ1v) is 8.41. The van der Waals surface area contributed by atoms with Gasteiger partial charge in [0.1, 0.15) is 11.4 Å². The van der Waals surface area contributed by atoms with Crippen LogP contribution in [0.3, 0.4) is 0 Å². The van der Waals surface area contributed by atoms with E-state index in [1.807, 2.05) is 24.3 Å². The second kappa shape index (κ2) is 7.90. The number of carbonyl (C=O) groups is 2. The Morgan fingerprint density at radius 1 is 1.08 bits per heavy atom. The number of ether oxygens (including phenoxy) is 1. The molecule has 2 amide bonds. The molecule has 1 aromatic carbocycles. The van der Waals surface area contributed by atoms with Gasteiger partial charge in [-0.25, -0.2) is 4.98 Å². The van der Waals surface area contributed by atoms with Crippen molar-refractivity contribution in [2.24, 2.45) is 0 Å². The molecule has 0 radical (unpaired) electrons. The van der Waals surface area contributed by atoms with Crippen LogP contribution in [0.4, 0.5) is 5.69 Å². The Morgan fingerprint density at radius 3 is 2.44 bits per heavy atom. The van der Waals surface area contributed by atoms with Gasteiger partial charge in [-0.15, -0.1) is 0 Å². The summed E-state index contributed by atoms with van der Waals surface area (Å²) in [5, 5.41) is 2.81. The molecule has 2 heterocycles. The lowest BCUT2D eigenvalue weighted by Gasteiger charge is -2.26. The summed E-state index contributed by atoms with van der Waals surface area (Å²) in [5.41, 5.74) is 2.40. The highest BCUT2D eigenvalue weighted by Crippen LogP contribution is 2.12. The van der Waals surface area contributed by atoms with Crippen molar-refractivity contribution < 1.29 is 14.3 Å². The summed E-state index contributed by atoms with van der Waals surface area (Å²) in [5.74, 6) is -0.508. The molecule has 1 fully saturated rings. The van der Waals surface area contributed by atoms with Gasteiger partial charge in [0, 0.05) is 18.8 Å². The number of pyridine rings is 1. The minimum absolute atomic E-state index is 0.176. The number of aromatic nitrogens is 1. The molecule has 6 heteroatoms. The fraction of sp³-hybridized carbons (Fsp3) is 0.316. The Kier molecular flexibility index (Phi) is 5.40. The van der Waals surface area contributed by atoms with Crippen molar-refractivity contribution in [3.8, 4) is 0 Å². The molecule has 3 rings (SSSR count). The molecule has 0 saturated carbocycles. The van der Waals surface area contributed by atoms with E-state index in [0.717, 1.165) is 6.42 Å². The van der Waals surface area contributed by atoms with Gasteiger partial charge in [-0.1, -0.05) is 25.1 Å². The molecular weight excluding hydrogens is 318 g/mol. The predicted molar refractivity (Wildman–Crippen MR) is 94.7 cm³/mol. The molecule has 1 saturated heterocycles. The van der Waals surface area contributed by atoms with E-state index in [1.54, 1.807) is 23.1 Å². The van der Waals surface area contributed by atoms with Crippen molar-refractivity contribution in [1.29, 1.82) is 0 Å². The van der Waals surface area contributed by atoms with Gasteiger partial charge in [0.05, 0.1) is 13.2 Å². The Morgan fingerprint density at radius 2 is 1.76 bits per heavy atom. The van der Waals surface area contributed by atoms with E-state index in [4.69, 9.17) is 4.74 Å². The number of amides is 2. The molecule has 0 aliphatic carbocycles. The van der Waals surface area contributed by atoms with E-state index in [2.05, 4.69) is 17.2 Å². The third kappa shape index (κ3) is 4.22. The van der Waals surface area contributed by atoms with Crippen LogP contribution in [-0.4, -0.2) is 48.0 Å². The second-order valence-corrected chi connectivity index (χ2v) is 5.82. The van der Waals surface area contributed by atoms with Crippen LogP contribution < -0.4 is 5.32 Å². The summed E-state index contributed by atoms with van der Waals surface area (Å²) < 4.78 is 5.25. The van der Waals surface area contributed by atoms with E-state index < -0.39 is 0 Å². The highest BCUT2D eigenvalue weighted by Gasteiger charge is 2.20. The van der Waals surface area contributed by atoms with Gasteiger partial charge < -0.3 is 15.0 Å². The minimum atomic E-state index is -0.333. The summed E-state index contributed by atoms with van der Waals surface area (Å²) in [6.45, 7) is 4.22. The third-order valence-corrected chi connectivity index (χ3v) is 4.12. The summed E-state index contributed by atoms with van der Waals surface area (Å²) in [6.07, 6.45) is 0.946. The number of nitrogens with zero attached hydrogens (tertiary/aromatic N) is 2. The molecule has 1 aliphatic heterocycles. The number of benzene rings is 1. The van der Waals surface area contributed by atoms with Crippen LogP contribution in [0, 0.1) is 0 Å². The smallest absolute Gasteiger partial charge is 0.274 e. The van der Waals surface area contributed by atoms with Crippen molar-refractivity contribution in [2.75, 3.05) is 31.6 Å². The van der Waals surface area contributed by atoms with Gasteiger partial charge in [0.2, 0.25) is 0 Å². The highest BCUT2D eigenvalue weighted by molar-refractivity contribution is 6.03. The van der Waals surface area contributed by atoms with Crippen molar-refractivity contribution in [2.45, 2.75) is 13.3 Å². The van der Waals surface area contributed by atoms with Gasteiger partial charge in [0.15, 0.2) is 0 Å². The van der Waals surface area contributed by atoms with Crippen molar-refractivity contribution in [3.63, 3.8) is 0 Å². The van der Waals surface area contributed by atoms with E-state index >= 15 is 0 Å². The molecule has 1 N–H and O–H groups in total. The number of nitrogens with one attached hydrogen (secondary N) is 1. The first-order chi connectivity index (χ1) is 12.2. The molecule has 1 aliphatic rings.